The van der Waals surface area contributed by atoms with Crippen molar-refractivity contribution in [3.05, 3.63) is 48.5 Å². The van der Waals surface area contributed by atoms with Gasteiger partial charge in [-0.25, -0.2) is 14.8 Å². The van der Waals surface area contributed by atoms with Gasteiger partial charge in [0.1, 0.15) is 11.2 Å². The van der Waals surface area contributed by atoms with E-state index in [1.807, 2.05) is 31.2 Å². The Balaban J connectivity index is 1.47. The molecular weight excluding hydrogens is 344 g/mol. The molecule has 0 aliphatic carbocycles. The fraction of sp³-hybridized carbons (Fsp3) is 0.350. The third-order valence-electron chi connectivity index (χ3n) is 4.66. The number of aromatic nitrogens is 2. The van der Waals surface area contributed by atoms with Crippen molar-refractivity contribution in [3.63, 3.8) is 0 Å². The predicted molar refractivity (Wildman–Crippen MR) is 102 cm³/mol. The summed E-state index contributed by atoms with van der Waals surface area (Å²) in [5, 5.41) is 2.91. The fourth-order valence-electron chi connectivity index (χ4n) is 3.36. The van der Waals surface area contributed by atoms with Crippen LogP contribution in [0, 0.1) is 0 Å². The number of para-hydroxylation sites is 2. The third kappa shape index (κ3) is 3.72. The summed E-state index contributed by atoms with van der Waals surface area (Å²) in [7, 11) is 0. The standard InChI is InChI=1S/C20H22N4O3/c1-2-26-19-16(9-5-11-21-19)23-20(25)24-12-6-7-14(13-24)18-22-15-8-3-4-10-17(15)27-18/h3-5,8-11,14H,2,6-7,12-13H2,1H3,(H,23,25)/t14-/m1/s1. The van der Waals surface area contributed by atoms with Gasteiger partial charge in [0, 0.05) is 19.3 Å². The van der Waals surface area contributed by atoms with Gasteiger partial charge in [0.15, 0.2) is 11.5 Å². The number of nitrogens with one attached hydrogen (secondary N) is 1. The van der Waals surface area contributed by atoms with Crippen LogP contribution in [-0.4, -0.2) is 40.6 Å². The first-order valence-electron chi connectivity index (χ1n) is 9.24. The molecule has 7 heteroatoms. The summed E-state index contributed by atoms with van der Waals surface area (Å²) in [4.78, 5) is 23.3. The first kappa shape index (κ1) is 17.3. The second-order valence-electron chi connectivity index (χ2n) is 6.52. The van der Waals surface area contributed by atoms with Crippen LogP contribution in [0.15, 0.2) is 47.0 Å². The number of benzene rings is 1. The second kappa shape index (κ2) is 7.65. The number of piperidine rings is 1. The van der Waals surface area contributed by atoms with Crippen LogP contribution in [0.2, 0.25) is 0 Å². The topological polar surface area (TPSA) is 80.5 Å². The quantitative estimate of drug-likeness (QED) is 0.754. The molecule has 2 amide bonds. The minimum atomic E-state index is -0.162. The zero-order valence-corrected chi connectivity index (χ0v) is 15.2. The Labute approximate surface area is 157 Å². The molecule has 0 spiro atoms. The van der Waals surface area contributed by atoms with Gasteiger partial charge in [-0.05, 0) is 44.0 Å². The van der Waals surface area contributed by atoms with Crippen LogP contribution in [0.3, 0.4) is 0 Å². The lowest BCUT2D eigenvalue weighted by molar-refractivity contribution is 0.187. The highest BCUT2D eigenvalue weighted by molar-refractivity contribution is 5.90. The Morgan fingerprint density at radius 2 is 2.22 bits per heavy atom. The normalized spacial score (nSPS) is 17.1. The highest BCUT2D eigenvalue weighted by Gasteiger charge is 2.28. The highest BCUT2D eigenvalue weighted by Crippen LogP contribution is 2.29. The van der Waals surface area contributed by atoms with Crippen molar-refractivity contribution in [3.8, 4) is 5.88 Å². The first-order valence-corrected chi connectivity index (χ1v) is 9.24. The fourth-order valence-corrected chi connectivity index (χ4v) is 3.36. The van der Waals surface area contributed by atoms with Gasteiger partial charge >= 0.3 is 6.03 Å². The van der Waals surface area contributed by atoms with Crippen LogP contribution >= 0.6 is 0 Å². The van der Waals surface area contributed by atoms with E-state index in [0.717, 1.165) is 23.9 Å². The number of nitrogens with zero attached hydrogens (tertiary/aromatic N) is 3. The number of pyridine rings is 1. The number of oxazole rings is 1. The van der Waals surface area contributed by atoms with Crippen molar-refractivity contribution >= 4 is 22.8 Å². The first-order chi connectivity index (χ1) is 13.2. The summed E-state index contributed by atoms with van der Waals surface area (Å²) in [6.07, 6.45) is 3.50. The van der Waals surface area contributed by atoms with Crippen molar-refractivity contribution in [1.29, 1.82) is 0 Å². The van der Waals surface area contributed by atoms with Crippen molar-refractivity contribution in [2.24, 2.45) is 0 Å². The van der Waals surface area contributed by atoms with Gasteiger partial charge in [0.05, 0.1) is 12.5 Å². The molecule has 1 aliphatic heterocycles. The minimum absolute atomic E-state index is 0.0946. The van der Waals surface area contributed by atoms with E-state index in [1.165, 1.54) is 0 Å². The van der Waals surface area contributed by atoms with Gasteiger partial charge in [0.2, 0.25) is 5.88 Å². The number of carbonyl (C=O) groups is 1. The maximum Gasteiger partial charge on any atom is 0.322 e. The van der Waals surface area contributed by atoms with Crippen molar-refractivity contribution < 1.29 is 13.9 Å². The zero-order valence-electron chi connectivity index (χ0n) is 15.2. The summed E-state index contributed by atoms with van der Waals surface area (Å²) >= 11 is 0. The van der Waals surface area contributed by atoms with Crippen molar-refractivity contribution in [2.75, 3.05) is 25.0 Å². The molecule has 1 N–H and O–H groups in total. The third-order valence-corrected chi connectivity index (χ3v) is 4.66. The number of amides is 2. The molecule has 0 unspecified atom stereocenters. The molecule has 1 aromatic carbocycles. The van der Waals surface area contributed by atoms with Crippen molar-refractivity contribution in [2.45, 2.75) is 25.7 Å². The largest absolute Gasteiger partial charge is 0.476 e. The molecule has 3 aromatic rings. The molecule has 7 nitrogen and oxygen atoms in total. The Kier molecular flexibility index (Phi) is 4.91. The molecule has 3 heterocycles. The number of carbonyl (C=O) groups excluding carboxylic acids is 1. The summed E-state index contributed by atoms with van der Waals surface area (Å²) in [5.74, 6) is 1.23. The summed E-state index contributed by atoms with van der Waals surface area (Å²) in [5.41, 5.74) is 2.21. The molecule has 4 rings (SSSR count). The Bertz CT molecular complexity index is 907. The van der Waals surface area contributed by atoms with E-state index in [-0.39, 0.29) is 11.9 Å². The lowest BCUT2D eigenvalue weighted by Crippen LogP contribution is -2.41. The molecule has 1 atom stereocenters. The average molecular weight is 366 g/mol. The van der Waals surface area contributed by atoms with E-state index in [1.54, 1.807) is 23.2 Å². The number of hydrogen-bond donors (Lipinski definition) is 1. The van der Waals surface area contributed by atoms with Gasteiger partial charge < -0.3 is 19.4 Å². The number of anilines is 1. The summed E-state index contributed by atoms with van der Waals surface area (Å²) in [6, 6.07) is 11.1. The highest BCUT2D eigenvalue weighted by atomic mass is 16.5. The molecule has 0 bridgehead atoms. The van der Waals surface area contributed by atoms with Gasteiger partial charge in [-0.3, -0.25) is 0 Å². The monoisotopic (exact) mass is 366 g/mol. The van der Waals surface area contributed by atoms with Gasteiger partial charge in [-0.15, -0.1) is 0 Å². The molecular formula is C20H22N4O3. The number of ether oxygens (including phenoxy) is 1. The predicted octanol–water partition coefficient (Wildman–Crippen LogP) is 4.03. The van der Waals surface area contributed by atoms with Crippen LogP contribution < -0.4 is 10.1 Å². The number of likely N-dealkylation sites (tertiary alicyclic amines) is 1. The molecule has 0 saturated carbocycles. The van der Waals surface area contributed by atoms with E-state index < -0.39 is 0 Å². The van der Waals surface area contributed by atoms with Crippen LogP contribution in [0.25, 0.3) is 11.1 Å². The number of urea groups is 1. The van der Waals surface area contributed by atoms with E-state index in [0.29, 0.717) is 37.2 Å². The lowest BCUT2D eigenvalue weighted by Gasteiger charge is -2.31. The number of rotatable bonds is 4. The van der Waals surface area contributed by atoms with Crippen LogP contribution in [-0.2, 0) is 0 Å². The van der Waals surface area contributed by atoms with Crippen LogP contribution in [0.4, 0.5) is 10.5 Å². The zero-order chi connectivity index (χ0) is 18.6. The van der Waals surface area contributed by atoms with Crippen LogP contribution in [0.1, 0.15) is 31.6 Å². The maximum atomic E-state index is 12.8. The summed E-state index contributed by atoms with van der Waals surface area (Å²) in [6.45, 7) is 3.65. The van der Waals surface area contributed by atoms with E-state index >= 15 is 0 Å². The molecule has 1 fully saturated rings. The SMILES string of the molecule is CCOc1ncccc1NC(=O)N1CCC[C@@H](c2nc3ccccc3o2)C1. The Hall–Kier alpha value is -3.09. The van der Waals surface area contributed by atoms with Gasteiger partial charge in [-0.1, -0.05) is 12.1 Å². The number of fused-ring (bicyclic) bond motifs is 1. The molecule has 140 valence electrons. The Morgan fingerprint density at radius 1 is 1.33 bits per heavy atom. The molecule has 2 aromatic heterocycles. The molecule has 1 aliphatic rings. The molecule has 27 heavy (non-hydrogen) atoms. The lowest BCUT2D eigenvalue weighted by atomic mass is 9.98. The molecule has 1 saturated heterocycles. The van der Waals surface area contributed by atoms with Gasteiger partial charge in [-0.2, -0.15) is 0 Å². The average Bonchev–Trinajstić information content (AvgIpc) is 3.14. The smallest absolute Gasteiger partial charge is 0.322 e. The maximum absolute atomic E-state index is 12.8. The summed E-state index contributed by atoms with van der Waals surface area (Å²) < 4.78 is 11.4. The number of hydrogen-bond acceptors (Lipinski definition) is 5. The second-order valence-corrected chi connectivity index (χ2v) is 6.52. The van der Waals surface area contributed by atoms with Crippen molar-refractivity contribution in [1.82, 2.24) is 14.9 Å². The van der Waals surface area contributed by atoms with Gasteiger partial charge in [0.25, 0.3) is 0 Å². The van der Waals surface area contributed by atoms with Crippen LogP contribution in [0.5, 0.6) is 5.88 Å². The van der Waals surface area contributed by atoms with E-state index in [2.05, 4.69) is 15.3 Å². The molecule has 0 radical (unpaired) electrons. The Morgan fingerprint density at radius 3 is 3.07 bits per heavy atom. The van der Waals surface area contributed by atoms with E-state index in [9.17, 15) is 4.79 Å². The van der Waals surface area contributed by atoms with E-state index in [4.69, 9.17) is 9.15 Å². The minimum Gasteiger partial charge on any atom is -0.476 e.